The van der Waals surface area contributed by atoms with Gasteiger partial charge >= 0.3 is 12.3 Å². The van der Waals surface area contributed by atoms with Crippen LogP contribution in [0.5, 0.6) is 5.88 Å². The number of ether oxygens (including phenoxy) is 2. The highest BCUT2D eigenvalue weighted by Crippen LogP contribution is 2.35. The van der Waals surface area contributed by atoms with Crippen molar-refractivity contribution in [2.75, 3.05) is 19.7 Å². The number of halogens is 4. The predicted molar refractivity (Wildman–Crippen MR) is 108 cm³/mol. The van der Waals surface area contributed by atoms with Gasteiger partial charge in [-0.25, -0.2) is 14.2 Å². The second-order valence-corrected chi connectivity index (χ2v) is 9.34. The van der Waals surface area contributed by atoms with E-state index in [0.29, 0.717) is 0 Å². The van der Waals surface area contributed by atoms with E-state index in [9.17, 15) is 27.2 Å². The summed E-state index contributed by atoms with van der Waals surface area (Å²) in [6.45, 7) is 7.63. The van der Waals surface area contributed by atoms with Gasteiger partial charge in [0.25, 0.3) is 0 Å². The highest BCUT2D eigenvalue weighted by molar-refractivity contribution is 5.82. The highest BCUT2D eigenvalue weighted by atomic mass is 19.4. The van der Waals surface area contributed by atoms with E-state index >= 15 is 0 Å². The number of alkyl halides is 4. The van der Waals surface area contributed by atoms with Crippen molar-refractivity contribution < 1.29 is 36.6 Å². The van der Waals surface area contributed by atoms with Gasteiger partial charge in [0.1, 0.15) is 23.9 Å². The molecule has 1 N–H and O–H groups in total. The first kappa shape index (κ1) is 25.7. The van der Waals surface area contributed by atoms with Crippen molar-refractivity contribution in [1.29, 1.82) is 0 Å². The van der Waals surface area contributed by atoms with Gasteiger partial charge in [-0.1, -0.05) is 0 Å². The molecular formula is C21H29F4N3O4. The minimum absolute atomic E-state index is 0.168. The fourth-order valence-corrected chi connectivity index (χ4v) is 2.96. The van der Waals surface area contributed by atoms with Crippen LogP contribution in [0.3, 0.4) is 0 Å². The van der Waals surface area contributed by atoms with E-state index in [1.54, 1.807) is 20.8 Å². The maximum absolute atomic E-state index is 14.6. The Hall–Kier alpha value is -2.59. The third-order valence-electron chi connectivity index (χ3n) is 4.77. The van der Waals surface area contributed by atoms with Crippen LogP contribution in [0.15, 0.2) is 18.3 Å². The zero-order valence-electron chi connectivity index (χ0n) is 18.8. The van der Waals surface area contributed by atoms with Crippen molar-refractivity contribution in [1.82, 2.24) is 15.2 Å². The molecule has 2 amide bonds. The molecule has 0 bridgehead atoms. The van der Waals surface area contributed by atoms with E-state index in [0.717, 1.165) is 18.3 Å². The monoisotopic (exact) mass is 463 g/mol. The van der Waals surface area contributed by atoms with Gasteiger partial charge in [0.05, 0.1) is 18.0 Å². The molecule has 0 saturated carbocycles. The number of hydrogen-bond donors (Lipinski definition) is 1. The molecule has 0 spiro atoms. The first-order valence-corrected chi connectivity index (χ1v) is 10.2. The van der Waals surface area contributed by atoms with Gasteiger partial charge in [-0.05, 0) is 53.2 Å². The van der Waals surface area contributed by atoms with Crippen molar-refractivity contribution in [3.63, 3.8) is 0 Å². The highest BCUT2D eigenvalue weighted by Gasteiger charge is 2.39. The van der Waals surface area contributed by atoms with Gasteiger partial charge in [-0.2, -0.15) is 13.2 Å². The SMILES string of the molecule is CC(C)(C)OC(=O)N1CCC(NC(=O)C(C)(C)COc2ncccc2C(F)(F)F)[C@@H](F)C1. The van der Waals surface area contributed by atoms with Gasteiger partial charge in [-0.15, -0.1) is 0 Å². The molecule has 1 fully saturated rings. The van der Waals surface area contributed by atoms with Crippen LogP contribution in [0.25, 0.3) is 0 Å². The van der Waals surface area contributed by atoms with Crippen LogP contribution in [0.4, 0.5) is 22.4 Å². The van der Waals surface area contributed by atoms with Crippen LogP contribution in [0.2, 0.25) is 0 Å². The van der Waals surface area contributed by atoms with Crippen molar-refractivity contribution in [3.8, 4) is 5.88 Å². The number of carbonyl (C=O) groups excluding carboxylic acids is 2. The predicted octanol–water partition coefficient (Wildman–Crippen LogP) is 3.97. The smallest absolute Gasteiger partial charge is 0.421 e. The number of aromatic nitrogens is 1. The molecule has 2 rings (SSSR count). The second-order valence-electron chi connectivity index (χ2n) is 9.34. The summed E-state index contributed by atoms with van der Waals surface area (Å²) in [5.74, 6) is -1.21. The summed E-state index contributed by atoms with van der Waals surface area (Å²) in [5, 5.41) is 2.58. The van der Waals surface area contributed by atoms with Crippen LogP contribution in [0.1, 0.15) is 46.6 Å². The van der Waals surface area contributed by atoms with Gasteiger partial charge in [-0.3, -0.25) is 4.79 Å². The molecule has 11 heteroatoms. The molecule has 1 unspecified atom stereocenters. The van der Waals surface area contributed by atoms with Crippen LogP contribution in [0, 0.1) is 5.41 Å². The molecule has 1 aromatic heterocycles. The Bertz CT molecular complexity index is 824. The van der Waals surface area contributed by atoms with Crippen molar-refractivity contribution in [2.24, 2.45) is 5.41 Å². The molecule has 1 aliphatic heterocycles. The van der Waals surface area contributed by atoms with Gasteiger partial charge < -0.3 is 19.7 Å². The summed E-state index contributed by atoms with van der Waals surface area (Å²) in [6.07, 6.45) is -5.48. The molecule has 2 atom stereocenters. The van der Waals surface area contributed by atoms with Crippen LogP contribution >= 0.6 is 0 Å². The molecule has 0 radical (unpaired) electrons. The lowest BCUT2D eigenvalue weighted by molar-refractivity contribution is -0.139. The molecule has 1 aliphatic rings. The number of pyridine rings is 1. The van der Waals surface area contributed by atoms with E-state index in [1.807, 2.05) is 0 Å². The number of likely N-dealkylation sites (tertiary alicyclic amines) is 1. The minimum atomic E-state index is -4.65. The number of amides is 2. The van der Waals surface area contributed by atoms with Crippen molar-refractivity contribution in [3.05, 3.63) is 23.9 Å². The molecule has 0 aromatic carbocycles. The third-order valence-corrected chi connectivity index (χ3v) is 4.77. The molecule has 1 aromatic rings. The standard InChI is InChI=1S/C21H29F4N3O4/c1-19(2,3)32-18(30)28-10-8-15(14(22)11-28)27-17(29)20(4,5)12-31-16-13(21(23,24)25)7-6-9-26-16/h6-7,9,14-15H,8,10-12H2,1-5H3,(H,27,29)/t14-,15?/m0/s1. The Labute approximate surface area is 184 Å². The normalized spacial score (nSPS) is 20.0. The van der Waals surface area contributed by atoms with Gasteiger partial charge in [0.15, 0.2) is 0 Å². The molecule has 180 valence electrons. The van der Waals surface area contributed by atoms with Crippen molar-refractivity contribution in [2.45, 2.75) is 65.0 Å². The maximum atomic E-state index is 14.6. The van der Waals surface area contributed by atoms with Crippen molar-refractivity contribution >= 4 is 12.0 Å². The molecule has 0 aliphatic carbocycles. The van der Waals surface area contributed by atoms with E-state index in [-0.39, 0.29) is 19.5 Å². The summed E-state index contributed by atoms with van der Waals surface area (Å²) in [6, 6.07) is 1.13. The zero-order chi connectivity index (χ0) is 24.3. The summed E-state index contributed by atoms with van der Waals surface area (Å²) >= 11 is 0. The topological polar surface area (TPSA) is 80.8 Å². The molecule has 32 heavy (non-hydrogen) atoms. The molecule has 1 saturated heterocycles. The number of piperidine rings is 1. The fourth-order valence-electron chi connectivity index (χ4n) is 2.96. The number of carbonyl (C=O) groups is 2. The lowest BCUT2D eigenvalue weighted by Gasteiger charge is -2.37. The zero-order valence-corrected chi connectivity index (χ0v) is 18.8. The van der Waals surface area contributed by atoms with Gasteiger partial charge in [0.2, 0.25) is 11.8 Å². The van der Waals surface area contributed by atoms with Crippen LogP contribution in [-0.4, -0.2) is 59.4 Å². The number of hydrogen-bond acceptors (Lipinski definition) is 5. The van der Waals surface area contributed by atoms with E-state index in [1.165, 1.54) is 18.7 Å². The molecule has 7 nitrogen and oxygen atoms in total. The number of nitrogens with one attached hydrogen (secondary N) is 1. The number of nitrogens with zero attached hydrogens (tertiary/aromatic N) is 2. The van der Waals surface area contributed by atoms with Crippen LogP contribution in [-0.2, 0) is 15.7 Å². The Balaban J connectivity index is 1.94. The summed E-state index contributed by atoms with van der Waals surface area (Å²) < 4.78 is 64.3. The average Bonchev–Trinajstić information content (AvgIpc) is 2.66. The van der Waals surface area contributed by atoms with E-state index < -0.39 is 59.5 Å². The lowest BCUT2D eigenvalue weighted by Crippen LogP contribution is -2.56. The summed E-state index contributed by atoms with van der Waals surface area (Å²) in [7, 11) is 0. The lowest BCUT2D eigenvalue weighted by atomic mass is 9.92. The Kier molecular flexibility index (Phi) is 7.62. The van der Waals surface area contributed by atoms with Crippen LogP contribution < -0.4 is 10.1 Å². The van der Waals surface area contributed by atoms with Gasteiger partial charge in [0, 0.05) is 12.7 Å². The average molecular weight is 463 g/mol. The molecule has 2 heterocycles. The Morgan fingerprint density at radius 3 is 2.44 bits per heavy atom. The molecular weight excluding hydrogens is 434 g/mol. The minimum Gasteiger partial charge on any atom is -0.476 e. The summed E-state index contributed by atoms with van der Waals surface area (Å²) in [4.78, 5) is 29.6. The third kappa shape index (κ3) is 6.96. The van der Waals surface area contributed by atoms with E-state index in [4.69, 9.17) is 9.47 Å². The quantitative estimate of drug-likeness (QED) is 0.669. The number of rotatable bonds is 5. The first-order chi connectivity index (χ1) is 14.6. The summed E-state index contributed by atoms with van der Waals surface area (Å²) in [5.41, 5.74) is -3.02. The second kappa shape index (κ2) is 9.50. The largest absolute Gasteiger partial charge is 0.476 e. The Morgan fingerprint density at radius 2 is 1.88 bits per heavy atom. The fraction of sp³-hybridized carbons (Fsp3) is 0.667. The maximum Gasteiger partial charge on any atom is 0.421 e. The van der Waals surface area contributed by atoms with E-state index in [2.05, 4.69) is 10.3 Å². The Morgan fingerprint density at radius 1 is 1.22 bits per heavy atom. The first-order valence-electron chi connectivity index (χ1n) is 10.2.